The van der Waals surface area contributed by atoms with Crippen LogP contribution in [-0.2, 0) is 31.1 Å². The van der Waals surface area contributed by atoms with E-state index >= 15 is 0 Å². The van der Waals surface area contributed by atoms with Crippen LogP contribution >= 0.6 is 0 Å². The van der Waals surface area contributed by atoms with Crippen LogP contribution in [0.5, 0.6) is 0 Å². The zero-order valence-electron chi connectivity index (χ0n) is 33.0. The average Bonchev–Trinajstić information content (AvgIpc) is 3.60. The SMILES string of the molecule is c1ccc(-c2ccc(N(c3cc4c(cc3-c3ccc5c(c3)CCCC5)-c3ccccc3C4(c3ccccc3)c3ccccc3)c3cccc4c3CCCC4)cc2)cc1. The van der Waals surface area contributed by atoms with Gasteiger partial charge in [0.25, 0.3) is 0 Å². The van der Waals surface area contributed by atoms with Crippen molar-refractivity contribution in [3.05, 3.63) is 233 Å². The van der Waals surface area contributed by atoms with Gasteiger partial charge in [0.1, 0.15) is 0 Å². The molecule has 0 atom stereocenters. The van der Waals surface area contributed by atoms with E-state index in [2.05, 4.69) is 193 Å². The second kappa shape index (κ2) is 14.5. The number of nitrogens with zero attached hydrogens (tertiary/aromatic N) is 1. The second-order valence-electron chi connectivity index (χ2n) is 16.5. The summed E-state index contributed by atoms with van der Waals surface area (Å²) in [5.74, 6) is 0. The summed E-state index contributed by atoms with van der Waals surface area (Å²) in [5.41, 5.74) is 22.1. The summed E-state index contributed by atoms with van der Waals surface area (Å²) in [4.78, 5) is 2.62. The Kier molecular flexibility index (Phi) is 8.69. The first kappa shape index (κ1) is 34.8. The lowest BCUT2D eigenvalue weighted by Gasteiger charge is -2.36. The maximum absolute atomic E-state index is 2.62. The lowest BCUT2D eigenvalue weighted by molar-refractivity contribution is 0.685. The molecule has 3 aliphatic carbocycles. The van der Waals surface area contributed by atoms with Gasteiger partial charge in [-0.25, -0.2) is 0 Å². The summed E-state index contributed by atoms with van der Waals surface area (Å²) in [6, 6.07) is 71.3. The van der Waals surface area contributed by atoms with Crippen molar-refractivity contribution >= 4 is 17.1 Å². The molecule has 8 aromatic rings. The fraction of sp³-hybridized carbons (Fsp3) is 0.158. The van der Waals surface area contributed by atoms with Crippen LogP contribution < -0.4 is 4.90 Å². The Bertz CT molecular complexity index is 2720. The van der Waals surface area contributed by atoms with Gasteiger partial charge in [-0.05, 0) is 154 Å². The molecule has 280 valence electrons. The summed E-state index contributed by atoms with van der Waals surface area (Å²) in [6.07, 6.45) is 9.54. The third kappa shape index (κ3) is 5.67. The highest BCUT2D eigenvalue weighted by atomic mass is 15.1. The third-order valence-corrected chi connectivity index (χ3v) is 13.3. The van der Waals surface area contributed by atoms with Crippen LogP contribution in [0.1, 0.15) is 70.2 Å². The summed E-state index contributed by atoms with van der Waals surface area (Å²) >= 11 is 0. The lowest BCUT2D eigenvalue weighted by atomic mass is 9.67. The third-order valence-electron chi connectivity index (χ3n) is 13.3. The van der Waals surface area contributed by atoms with Crippen molar-refractivity contribution in [1.29, 1.82) is 0 Å². The molecule has 1 heteroatoms. The summed E-state index contributed by atoms with van der Waals surface area (Å²) in [6.45, 7) is 0. The molecule has 0 fully saturated rings. The van der Waals surface area contributed by atoms with Gasteiger partial charge in [-0.3, -0.25) is 0 Å². The molecule has 0 N–H and O–H groups in total. The van der Waals surface area contributed by atoms with E-state index in [1.54, 1.807) is 0 Å². The molecule has 0 saturated heterocycles. The van der Waals surface area contributed by atoms with Crippen molar-refractivity contribution < 1.29 is 0 Å². The van der Waals surface area contributed by atoms with Crippen LogP contribution in [0.15, 0.2) is 188 Å². The van der Waals surface area contributed by atoms with Crippen molar-refractivity contribution in [2.75, 3.05) is 4.90 Å². The first-order valence-electron chi connectivity index (χ1n) is 21.4. The maximum atomic E-state index is 2.62. The van der Waals surface area contributed by atoms with E-state index in [9.17, 15) is 0 Å². The molecule has 0 aromatic heterocycles. The molecule has 0 heterocycles. The molecule has 0 bridgehead atoms. The van der Waals surface area contributed by atoms with Gasteiger partial charge in [-0.15, -0.1) is 0 Å². The van der Waals surface area contributed by atoms with Crippen molar-refractivity contribution in [2.45, 2.75) is 56.8 Å². The number of hydrogen-bond acceptors (Lipinski definition) is 1. The molecule has 0 saturated carbocycles. The molecule has 3 aliphatic rings. The van der Waals surface area contributed by atoms with Crippen molar-refractivity contribution in [1.82, 2.24) is 0 Å². The first-order chi connectivity index (χ1) is 28.8. The summed E-state index contributed by atoms with van der Waals surface area (Å²) in [7, 11) is 0. The minimum Gasteiger partial charge on any atom is -0.310 e. The van der Waals surface area contributed by atoms with E-state index < -0.39 is 5.41 Å². The van der Waals surface area contributed by atoms with E-state index in [1.165, 1.54) is 127 Å². The highest BCUT2D eigenvalue weighted by molar-refractivity contribution is 5.97. The van der Waals surface area contributed by atoms with Gasteiger partial charge < -0.3 is 4.90 Å². The number of anilines is 3. The molecule has 0 spiro atoms. The zero-order valence-corrected chi connectivity index (χ0v) is 33.0. The van der Waals surface area contributed by atoms with E-state index in [0.717, 1.165) is 19.3 Å². The van der Waals surface area contributed by atoms with Crippen LogP contribution in [0.4, 0.5) is 17.1 Å². The number of hydrogen-bond donors (Lipinski definition) is 0. The Morgan fingerprint density at radius 2 is 0.948 bits per heavy atom. The van der Waals surface area contributed by atoms with E-state index in [1.807, 2.05) is 0 Å². The number of aryl methyl sites for hydroxylation is 3. The quantitative estimate of drug-likeness (QED) is 0.157. The van der Waals surface area contributed by atoms with E-state index in [4.69, 9.17) is 0 Å². The van der Waals surface area contributed by atoms with Crippen molar-refractivity contribution in [3.63, 3.8) is 0 Å². The average molecular weight is 746 g/mol. The zero-order chi connectivity index (χ0) is 38.5. The smallest absolute Gasteiger partial charge is 0.0714 e. The van der Waals surface area contributed by atoms with Gasteiger partial charge >= 0.3 is 0 Å². The summed E-state index contributed by atoms with van der Waals surface area (Å²) < 4.78 is 0. The molecule has 0 aliphatic heterocycles. The minimum atomic E-state index is -0.503. The Balaban J connectivity index is 1.24. The highest BCUT2D eigenvalue weighted by Crippen LogP contribution is 2.59. The Morgan fingerprint density at radius 3 is 1.69 bits per heavy atom. The van der Waals surface area contributed by atoms with Crippen LogP contribution in [0.2, 0.25) is 0 Å². The van der Waals surface area contributed by atoms with Gasteiger partial charge in [0.15, 0.2) is 0 Å². The largest absolute Gasteiger partial charge is 0.310 e. The molecule has 11 rings (SSSR count). The molecular formula is C57H47N. The first-order valence-corrected chi connectivity index (χ1v) is 21.4. The van der Waals surface area contributed by atoms with Crippen LogP contribution in [0.25, 0.3) is 33.4 Å². The maximum Gasteiger partial charge on any atom is 0.0714 e. The molecule has 8 aromatic carbocycles. The monoisotopic (exact) mass is 745 g/mol. The van der Waals surface area contributed by atoms with Gasteiger partial charge in [-0.2, -0.15) is 0 Å². The topological polar surface area (TPSA) is 3.24 Å². The Morgan fingerprint density at radius 1 is 0.345 bits per heavy atom. The number of rotatable bonds is 7. The van der Waals surface area contributed by atoms with Crippen LogP contribution in [0.3, 0.4) is 0 Å². The summed E-state index contributed by atoms with van der Waals surface area (Å²) in [5, 5.41) is 0. The molecule has 0 radical (unpaired) electrons. The standard InChI is InChI=1S/C57H47N/c1-4-17-40(18-5-1)42-33-35-48(36-34-42)58(55-30-16-22-43-20-12-13-27-49(43)55)56-39-54-52(38-51(56)45-32-31-41-19-10-11-21-44(41)37-45)50-28-14-15-29-53(50)57(54,46-23-6-2-7-24-46)47-25-8-3-9-26-47/h1-9,14-18,22-26,28-39H,10-13,19-21,27H2. The molecule has 1 nitrogen and oxygen atoms in total. The molecular weight excluding hydrogens is 699 g/mol. The van der Waals surface area contributed by atoms with E-state index in [0.29, 0.717) is 0 Å². The van der Waals surface area contributed by atoms with Crippen molar-refractivity contribution in [3.8, 4) is 33.4 Å². The number of fused-ring (bicyclic) bond motifs is 5. The lowest BCUT2D eigenvalue weighted by Crippen LogP contribution is -2.29. The molecule has 58 heavy (non-hydrogen) atoms. The Hall–Kier alpha value is -6.44. The van der Waals surface area contributed by atoms with Gasteiger partial charge in [0.2, 0.25) is 0 Å². The minimum absolute atomic E-state index is 0.503. The fourth-order valence-corrected chi connectivity index (χ4v) is 10.6. The highest BCUT2D eigenvalue weighted by Gasteiger charge is 2.47. The van der Waals surface area contributed by atoms with Crippen LogP contribution in [-0.4, -0.2) is 0 Å². The predicted octanol–water partition coefficient (Wildman–Crippen LogP) is 14.6. The van der Waals surface area contributed by atoms with Gasteiger partial charge in [-0.1, -0.05) is 158 Å². The normalized spacial score (nSPS) is 14.8. The van der Waals surface area contributed by atoms with Crippen LogP contribution in [0, 0.1) is 0 Å². The Labute approximate surface area is 343 Å². The number of benzene rings is 8. The van der Waals surface area contributed by atoms with Gasteiger partial charge in [0, 0.05) is 16.9 Å². The van der Waals surface area contributed by atoms with E-state index in [-0.39, 0.29) is 0 Å². The predicted molar refractivity (Wildman–Crippen MR) is 243 cm³/mol. The second-order valence-corrected chi connectivity index (χ2v) is 16.5. The molecule has 0 unspecified atom stereocenters. The van der Waals surface area contributed by atoms with Crippen molar-refractivity contribution in [2.24, 2.45) is 0 Å². The fourth-order valence-electron chi connectivity index (χ4n) is 10.6. The van der Waals surface area contributed by atoms with Gasteiger partial charge in [0.05, 0.1) is 11.1 Å². The molecule has 0 amide bonds.